The van der Waals surface area contributed by atoms with Gasteiger partial charge in [0.2, 0.25) is 5.75 Å². The molecule has 0 heterocycles. The van der Waals surface area contributed by atoms with Crippen molar-refractivity contribution < 1.29 is 23.3 Å². The van der Waals surface area contributed by atoms with E-state index in [4.69, 9.17) is 24.7 Å². The lowest BCUT2D eigenvalue weighted by molar-refractivity contribution is 0.324. The Hall–Kier alpha value is -3.52. The number of halogens is 1. The summed E-state index contributed by atoms with van der Waals surface area (Å²) in [5.41, 5.74) is 8.55. The molecule has 6 nitrogen and oxygen atoms in total. The van der Waals surface area contributed by atoms with Crippen LogP contribution in [-0.4, -0.2) is 28.4 Å². The van der Waals surface area contributed by atoms with E-state index in [9.17, 15) is 4.39 Å². The van der Waals surface area contributed by atoms with Gasteiger partial charge in [-0.1, -0.05) is 18.2 Å². The molecule has 0 aliphatic heterocycles. The summed E-state index contributed by atoms with van der Waals surface area (Å²) in [5, 5.41) is 0. The van der Waals surface area contributed by atoms with Crippen LogP contribution in [0.2, 0.25) is 0 Å². The largest absolute Gasteiger partial charge is 0.493 e. The van der Waals surface area contributed by atoms with Crippen LogP contribution in [0.1, 0.15) is 11.1 Å². The molecular weight excluding hydrogens is 431 g/mol. The molecule has 0 atom stereocenters. The van der Waals surface area contributed by atoms with E-state index in [0.717, 1.165) is 16.0 Å². The van der Waals surface area contributed by atoms with E-state index < -0.39 is 5.82 Å². The predicted octanol–water partition coefficient (Wildman–Crippen LogP) is 5.73. The van der Waals surface area contributed by atoms with Crippen LogP contribution < -0.4 is 29.4 Å². The van der Waals surface area contributed by atoms with Gasteiger partial charge >= 0.3 is 0 Å². The first-order chi connectivity index (χ1) is 15.5. The number of methoxy groups -OCH3 is 4. The number of nitrogens with one attached hydrogen (secondary N) is 1. The number of benzene rings is 3. The SMILES string of the molecule is COc1cc(/C=C\c2ccc(F)c(OC)c2NSc2cccc(N)c2)cc(OC)c1OC. The lowest BCUT2D eigenvalue weighted by Crippen LogP contribution is -1.98. The average molecular weight is 457 g/mol. The molecule has 0 bridgehead atoms. The fraction of sp³-hybridized carbons (Fsp3) is 0.167. The minimum atomic E-state index is -0.465. The lowest BCUT2D eigenvalue weighted by atomic mass is 10.1. The van der Waals surface area contributed by atoms with Crippen molar-refractivity contribution in [1.29, 1.82) is 0 Å². The molecule has 0 aliphatic carbocycles. The molecular formula is C24H25FN2O4S. The summed E-state index contributed by atoms with van der Waals surface area (Å²) in [4.78, 5) is 0.885. The van der Waals surface area contributed by atoms with Crippen LogP contribution >= 0.6 is 11.9 Å². The second-order valence-corrected chi connectivity index (χ2v) is 7.49. The molecule has 3 aromatic carbocycles. The van der Waals surface area contributed by atoms with Crippen molar-refractivity contribution in [1.82, 2.24) is 0 Å². The van der Waals surface area contributed by atoms with Crippen LogP contribution in [0.15, 0.2) is 53.4 Å². The summed E-state index contributed by atoms with van der Waals surface area (Å²) in [6.07, 6.45) is 3.72. The zero-order valence-electron chi connectivity index (χ0n) is 18.3. The topological polar surface area (TPSA) is 75.0 Å². The van der Waals surface area contributed by atoms with Gasteiger partial charge in [0.15, 0.2) is 23.1 Å². The van der Waals surface area contributed by atoms with Gasteiger partial charge < -0.3 is 29.4 Å². The second-order valence-electron chi connectivity index (χ2n) is 6.61. The van der Waals surface area contributed by atoms with Crippen LogP contribution in [-0.2, 0) is 0 Å². The van der Waals surface area contributed by atoms with Crippen LogP contribution in [0.5, 0.6) is 23.0 Å². The summed E-state index contributed by atoms with van der Waals surface area (Å²) in [5.74, 6) is 1.25. The number of nitrogen functional groups attached to an aromatic ring is 1. The maximum atomic E-state index is 14.4. The highest BCUT2D eigenvalue weighted by Crippen LogP contribution is 2.40. The van der Waals surface area contributed by atoms with Crippen LogP contribution in [0.25, 0.3) is 12.2 Å². The van der Waals surface area contributed by atoms with Crippen LogP contribution in [0.3, 0.4) is 0 Å². The van der Waals surface area contributed by atoms with Crippen LogP contribution in [0, 0.1) is 5.82 Å². The highest BCUT2D eigenvalue weighted by atomic mass is 32.2. The Bertz CT molecular complexity index is 1100. The van der Waals surface area contributed by atoms with E-state index >= 15 is 0 Å². The third kappa shape index (κ3) is 5.20. The van der Waals surface area contributed by atoms with Gasteiger partial charge in [0, 0.05) is 16.1 Å². The first kappa shape index (κ1) is 23.1. The molecule has 8 heteroatoms. The predicted molar refractivity (Wildman–Crippen MR) is 128 cm³/mol. The molecule has 3 rings (SSSR count). The van der Waals surface area contributed by atoms with Gasteiger partial charge in [-0.25, -0.2) is 4.39 Å². The molecule has 0 amide bonds. The molecule has 0 saturated heterocycles. The molecule has 32 heavy (non-hydrogen) atoms. The maximum absolute atomic E-state index is 14.4. The van der Waals surface area contributed by atoms with Gasteiger partial charge in [-0.15, -0.1) is 0 Å². The van der Waals surface area contributed by atoms with E-state index in [1.165, 1.54) is 25.1 Å². The van der Waals surface area contributed by atoms with E-state index in [1.807, 2.05) is 42.5 Å². The fourth-order valence-corrected chi connectivity index (χ4v) is 3.86. The number of ether oxygens (including phenoxy) is 4. The normalized spacial score (nSPS) is 10.8. The monoisotopic (exact) mass is 456 g/mol. The lowest BCUT2D eigenvalue weighted by Gasteiger charge is -2.15. The smallest absolute Gasteiger partial charge is 0.203 e. The number of rotatable bonds is 9. The third-order valence-corrected chi connectivity index (χ3v) is 5.41. The van der Waals surface area contributed by atoms with Gasteiger partial charge in [0.1, 0.15) is 0 Å². The zero-order valence-corrected chi connectivity index (χ0v) is 19.1. The molecule has 0 spiro atoms. The van der Waals surface area contributed by atoms with E-state index in [1.54, 1.807) is 33.5 Å². The van der Waals surface area contributed by atoms with E-state index in [2.05, 4.69) is 4.72 Å². The van der Waals surface area contributed by atoms with Crippen molar-refractivity contribution in [2.24, 2.45) is 0 Å². The van der Waals surface area contributed by atoms with Crippen molar-refractivity contribution in [3.05, 3.63) is 65.5 Å². The summed E-state index contributed by atoms with van der Waals surface area (Å²) in [6.45, 7) is 0. The van der Waals surface area contributed by atoms with Crippen molar-refractivity contribution in [2.45, 2.75) is 4.90 Å². The van der Waals surface area contributed by atoms with Gasteiger partial charge in [0.25, 0.3) is 0 Å². The summed E-state index contributed by atoms with van der Waals surface area (Å²) in [7, 11) is 6.11. The molecule has 0 saturated carbocycles. The fourth-order valence-electron chi connectivity index (χ4n) is 3.09. The Labute approximate surface area is 191 Å². The first-order valence-corrected chi connectivity index (χ1v) is 10.4. The average Bonchev–Trinajstić information content (AvgIpc) is 2.81. The minimum Gasteiger partial charge on any atom is -0.493 e. The van der Waals surface area contributed by atoms with Crippen molar-refractivity contribution in [3.63, 3.8) is 0 Å². The molecule has 0 radical (unpaired) electrons. The Kier molecular flexibility index (Phi) is 7.72. The van der Waals surface area contributed by atoms with Gasteiger partial charge in [-0.3, -0.25) is 0 Å². The highest BCUT2D eigenvalue weighted by Gasteiger charge is 2.15. The highest BCUT2D eigenvalue weighted by molar-refractivity contribution is 8.00. The molecule has 0 aromatic heterocycles. The van der Waals surface area contributed by atoms with Crippen molar-refractivity contribution >= 4 is 35.5 Å². The van der Waals surface area contributed by atoms with E-state index in [-0.39, 0.29) is 5.75 Å². The van der Waals surface area contributed by atoms with Crippen LogP contribution in [0.4, 0.5) is 15.8 Å². The van der Waals surface area contributed by atoms with Gasteiger partial charge in [-0.05, 0) is 60.0 Å². The maximum Gasteiger partial charge on any atom is 0.203 e. The molecule has 3 N–H and O–H groups in total. The van der Waals surface area contributed by atoms with Crippen molar-refractivity contribution in [2.75, 3.05) is 38.9 Å². The van der Waals surface area contributed by atoms with E-state index in [0.29, 0.717) is 28.6 Å². The summed E-state index contributed by atoms with van der Waals surface area (Å²) in [6, 6.07) is 14.1. The number of hydrogen-bond donors (Lipinski definition) is 2. The summed E-state index contributed by atoms with van der Waals surface area (Å²) < 4.78 is 39.1. The van der Waals surface area contributed by atoms with Crippen molar-refractivity contribution in [3.8, 4) is 23.0 Å². The number of nitrogens with two attached hydrogens (primary N) is 1. The quantitative estimate of drug-likeness (QED) is 0.242. The number of hydrogen-bond acceptors (Lipinski definition) is 7. The summed E-state index contributed by atoms with van der Waals surface area (Å²) >= 11 is 1.31. The minimum absolute atomic E-state index is 0.119. The molecule has 168 valence electrons. The molecule has 0 unspecified atom stereocenters. The first-order valence-electron chi connectivity index (χ1n) is 9.63. The van der Waals surface area contributed by atoms with Gasteiger partial charge in [0.05, 0.1) is 34.1 Å². The Balaban J connectivity index is 1.96. The Morgan fingerprint density at radius 3 is 2.12 bits per heavy atom. The Morgan fingerprint density at radius 2 is 1.53 bits per heavy atom. The standard InChI is InChI=1S/C24H25FN2O4S/c1-28-20-12-15(13-21(29-2)24(20)31-4)8-9-16-10-11-19(25)23(30-3)22(16)27-32-18-7-5-6-17(26)14-18/h5-14,27H,26H2,1-4H3/b9-8-. The van der Waals surface area contributed by atoms with Gasteiger partial charge in [-0.2, -0.15) is 0 Å². The third-order valence-electron chi connectivity index (χ3n) is 4.62. The molecule has 0 aliphatic rings. The number of anilines is 2. The molecule has 3 aromatic rings. The Morgan fingerprint density at radius 1 is 0.844 bits per heavy atom. The molecule has 0 fully saturated rings. The second kappa shape index (κ2) is 10.7. The zero-order chi connectivity index (χ0) is 23.1.